The third-order valence-electron chi connectivity index (χ3n) is 6.16. The van der Waals surface area contributed by atoms with Crippen LogP contribution in [0.5, 0.6) is 0 Å². The molecule has 1 atom stereocenters. The molecular formula is C24H22F2N6O2. The highest BCUT2D eigenvalue weighted by atomic mass is 19.1. The van der Waals surface area contributed by atoms with Crippen LogP contribution in [-0.4, -0.2) is 24.4 Å². The van der Waals surface area contributed by atoms with Crippen molar-refractivity contribution in [2.45, 2.75) is 33.0 Å². The molecule has 0 unspecified atom stereocenters. The van der Waals surface area contributed by atoms with E-state index in [4.69, 9.17) is 0 Å². The van der Waals surface area contributed by atoms with Crippen molar-refractivity contribution in [3.05, 3.63) is 92.1 Å². The van der Waals surface area contributed by atoms with Crippen LogP contribution in [-0.2, 0) is 20.1 Å². The molecule has 0 fully saturated rings. The molecule has 3 heterocycles. The molecule has 174 valence electrons. The minimum atomic E-state index is -0.521. The zero-order chi connectivity index (χ0) is 24.1. The van der Waals surface area contributed by atoms with E-state index in [1.807, 2.05) is 13.8 Å². The Kier molecular flexibility index (Phi) is 5.15. The summed E-state index contributed by atoms with van der Waals surface area (Å²) >= 11 is 0. The smallest absolute Gasteiger partial charge is 0.294 e. The predicted molar refractivity (Wildman–Crippen MR) is 125 cm³/mol. The molecule has 8 nitrogen and oxygen atoms in total. The Balaban J connectivity index is 1.67. The van der Waals surface area contributed by atoms with Crippen molar-refractivity contribution in [3.63, 3.8) is 0 Å². The zero-order valence-corrected chi connectivity index (χ0v) is 18.9. The lowest BCUT2D eigenvalue weighted by Crippen LogP contribution is -2.40. The quantitative estimate of drug-likeness (QED) is 0.465. The second-order valence-electron chi connectivity index (χ2n) is 8.41. The first-order valence-corrected chi connectivity index (χ1v) is 10.8. The first kappa shape index (κ1) is 21.7. The van der Waals surface area contributed by atoms with Crippen molar-refractivity contribution in [2.75, 3.05) is 5.01 Å². The van der Waals surface area contributed by atoms with E-state index in [1.54, 1.807) is 40.9 Å². The van der Waals surface area contributed by atoms with Gasteiger partial charge in [-0.15, -0.1) is 0 Å². The molecular weight excluding hydrogens is 442 g/mol. The number of aryl methyl sites for hydroxylation is 1. The van der Waals surface area contributed by atoms with E-state index in [0.717, 1.165) is 15.8 Å². The predicted octanol–water partition coefficient (Wildman–Crippen LogP) is 3.18. The minimum absolute atomic E-state index is 0.00296. The Labute approximate surface area is 193 Å². The molecule has 0 bridgehead atoms. The Bertz CT molecular complexity index is 1550. The first-order valence-electron chi connectivity index (χ1n) is 10.8. The summed E-state index contributed by atoms with van der Waals surface area (Å²) in [6.45, 7) is 4.08. The number of benzene rings is 2. The van der Waals surface area contributed by atoms with Crippen LogP contribution < -0.4 is 16.3 Å². The summed E-state index contributed by atoms with van der Waals surface area (Å²) in [6, 6.07) is 11.5. The highest BCUT2D eigenvalue weighted by molar-refractivity contribution is 5.91. The van der Waals surface area contributed by atoms with E-state index in [-0.39, 0.29) is 29.6 Å². The fraction of sp³-hybridized carbons (Fsp3) is 0.250. The van der Waals surface area contributed by atoms with Gasteiger partial charge in [-0.25, -0.2) is 18.6 Å². The molecule has 10 heteroatoms. The number of aromatic nitrogens is 4. The number of hydrogen-bond donors (Lipinski definition) is 0. The van der Waals surface area contributed by atoms with Crippen molar-refractivity contribution >= 4 is 22.8 Å². The van der Waals surface area contributed by atoms with Gasteiger partial charge in [0.25, 0.3) is 5.56 Å². The van der Waals surface area contributed by atoms with Crippen LogP contribution >= 0.6 is 0 Å². The maximum absolute atomic E-state index is 13.6. The van der Waals surface area contributed by atoms with Crippen LogP contribution in [0.4, 0.5) is 14.7 Å². The summed E-state index contributed by atoms with van der Waals surface area (Å²) in [5, 5.41) is 6.29. The molecule has 0 radical (unpaired) electrons. The third-order valence-corrected chi connectivity index (χ3v) is 6.16. The Morgan fingerprint density at radius 3 is 2.06 bits per heavy atom. The molecule has 0 aliphatic carbocycles. The molecule has 0 amide bonds. The second kappa shape index (κ2) is 8.05. The van der Waals surface area contributed by atoms with Crippen LogP contribution in [0.2, 0.25) is 0 Å². The molecule has 34 heavy (non-hydrogen) atoms. The molecule has 1 aliphatic heterocycles. The fourth-order valence-electron chi connectivity index (χ4n) is 4.16. The maximum atomic E-state index is 13.6. The monoisotopic (exact) mass is 464 g/mol. The van der Waals surface area contributed by atoms with Crippen molar-refractivity contribution < 1.29 is 8.78 Å². The molecule has 1 aliphatic rings. The van der Waals surface area contributed by atoms with Gasteiger partial charge in [0.05, 0.1) is 24.8 Å². The normalized spacial score (nSPS) is 15.5. The van der Waals surface area contributed by atoms with E-state index in [9.17, 15) is 18.4 Å². The van der Waals surface area contributed by atoms with Gasteiger partial charge in [0.2, 0.25) is 5.95 Å². The van der Waals surface area contributed by atoms with E-state index >= 15 is 0 Å². The molecule has 5 rings (SSSR count). The first-order chi connectivity index (χ1) is 16.2. The molecule has 4 aromatic rings. The molecule has 0 N–H and O–H groups in total. The van der Waals surface area contributed by atoms with Crippen LogP contribution in [0.3, 0.4) is 0 Å². The van der Waals surface area contributed by atoms with Crippen molar-refractivity contribution in [1.82, 2.24) is 18.7 Å². The van der Waals surface area contributed by atoms with Crippen molar-refractivity contribution in [1.29, 1.82) is 0 Å². The summed E-state index contributed by atoms with van der Waals surface area (Å²) in [5.74, 6) is -0.308. The number of halogens is 2. The Hall–Kier alpha value is -4.08. The highest BCUT2D eigenvalue weighted by Crippen LogP contribution is 2.30. The van der Waals surface area contributed by atoms with Crippen LogP contribution in [0.1, 0.15) is 31.0 Å². The average molecular weight is 464 g/mol. The van der Waals surface area contributed by atoms with Crippen molar-refractivity contribution in [2.24, 2.45) is 12.1 Å². The van der Waals surface area contributed by atoms with E-state index in [2.05, 4.69) is 10.1 Å². The number of hydrazone groups is 1. The molecule has 2 aromatic heterocycles. The summed E-state index contributed by atoms with van der Waals surface area (Å²) in [6.07, 6.45) is 0. The fourth-order valence-corrected chi connectivity index (χ4v) is 4.16. The van der Waals surface area contributed by atoms with Gasteiger partial charge in [-0.3, -0.25) is 18.5 Å². The zero-order valence-electron chi connectivity index (χ0n) is 18.9. The van der Waals surface area contributed by atoms with Gasteiger partial charge in [-0.1, -0.05) is 24.3 Å². The average Bonchev–Trinajstić information content (AvgIpc) is 3.23. The van der Waals surface area contributed by atoms with Crippen LogP contribution in [0.15, 0.2) is 63.2 Å². The van der Waals surface area contributed by atoms with Crippen molar-refractivity contribution in [3.8, 4) is 0 Å². The SMILES string of the molecule is CC1=NN(Cc2ccc(F)cc2)c2nc3c(c(=O)n(Cc4ccc(F)cc4)c(=O)n3C)n2[C@@H]1C. The lowest BCUT2D eigenvalue weighted by atomic mass is 10.2. The largest absolute Gasteiger partial charge is 0.332 e. The van der Waals surface area contributed by atoms with E-state index in [1.165, 1.54) is 28.8 Å². The summed E-state index contributed by atoms with van der Waals surface area (Å²) in [4.78, 5) is 31.3. The third kappa shape index (κ3) is 3.51. The summed E-state index contributed by atoms with van der Waals surface area (Å²) in [5.41, 5.74) is 1.73. The maximum Gasteiger partial charge on any atom is 0.332 e. The summed E-state index contributed by atoms with van der Waals surface area (Å²) in [7, 11) is 1.56. The summed E-state index contributed by atoms with van der Waals surface area (Å²) < 4.78 is 30.9. The Morgan fingerprint density at radius 2 is 1.47 bits per heavy atom. The van der Waals surface area contributed by atoms with Crippen LogP contribution in [0, 0.1) is 11.6 Å². The Morgan fingerprint density at radius 1 is 0.912 bits per heavy atom. The van der Waals surface area contributed by atoms with Gasteiger partial charge in [-0.05, 0) is 49.2 Å². The topological polar surface area (TPSA) is 77.4 Å². The van der Waals surface area contributed by atoms with Gasteiger partial charge in [0.15, 0.2) is 11.2 Å². The van der Waals surface area contributed by atoms with Gasteiger partial charge in [-0.2, -0.15) is 10.1 Å². The lowest BCUT2D eigenvalue weighted by molar-refractivity contribution is 0.618. The van der Waals surface area contributed by atoms with Gasteiger partial charge in [0.1, 0.15) is 11.6 Å². The number of rotatable bonds is 4. The van der Waals surface area contributed by atoms with E-state index < -0.39 is 17.1 Å². The standard InChI is InChI=1S/C24H22F2N6O2/c1-14-15(2)32-20-21(27-23(32)31(28-14)13-17-6-10-19(26)11-7-17)29(3)24(34)30(22(20)33)12-16-4-8-18(25)9-5-16/h4-11,15H,12-13H2,1-3H3/t15-/m1/s1. The number of fused-ring (bicyclic) bond motifs is 3. The molecule has 2 aromatic carbocycles. The van der Waals surface area contributed by atoms with Gasteiger partial charge < -0.3 is 0 Å². The van der Waals surface area contributed by atoms with Gasteiger partial charge in [0, 0.05) is 7.05 Å². The highest BCUT2D eigenvalue weighted by Gasteiger charge is 2.30. The molecule has 0 saturated carbocycles. The van der Waals surface area contributed by atoms with Gasteiger partial charge >= 0.3 is 5.69 Å². The number of imidazole rings is 1. The number of anilines is 1. The number of hydrogen-bond acceptors (Lipinski definition) is 5. The number of nitrogens with zero attached hydrogens (tertiary/aromatic N) is 6. The van der Waals surface area contributed by atoms with Crippen LogP contribution in [0.25, 0.3) is 11.2 Å². The van der Waals surface area contributed by atoms with E-state index in [0.29, 0.717) is 18.1 Å². The lowest BCUT2D eigenvalue weighted by Gasteiger charge is -2.29. The second-order valence-corrected chi connectivity index (χ2v) is 8.41. The minimum Gasteiger partial charge on any atom is -0.294 e. The molecule has 0 spiro atoms. The molecule has 0 saturated heterocycles.